The molecule has 0 aromatic carbocycles. The lowest BCUT2D eigenvalue weighted by Gasteiger charge is -2.54. The molecule has 0 aliphatic heterocycles. The van der Waals surface area contributed by atoms with Crippen molar-refractivity contribution in [3.8, 4) is 0 Å². The minimum atomic E-state index is -8.78. The van der Waals surface area contributed by atoms with Gasteiger partial charge in [-0.2, -0.15) is 35.1 Å². The van der Waals surface area contributed by atoms with Crippen LogP contribution in [0, 0.1) is 0 Å². The molecule has 0 heterocycles. The van der Waals surface area contributed by atoms with Crippen molar-refractivity contribution in [2.75, 3.05) is 0 Å². The van der Waals surface area contributed by atoms with Gasteiger partial charge in [-0.25, -0.2) is 43.5 Å². The molecule has 0 saturated heterocycles. The molecule has 0 aromatic rings. The summed E-state index contributed by atoms with van der Waals surface area (Å²) in [6.45, 7) is 0. The number of nitrogens with two attached hydrogens (primary N) is 2. The normalized spacial score (nSPS) is 45.4. The molecular weight excluding hydrogens is 540 g/mol. The number of halogens is 16. The predicted octanol–water partition coefficient (Wildman–Crippen LogP) is 3.60. The average molecular weight is 548 g/mol. The lowest BCUT2D eigenvalue weighted by molar-refractivity contribution is -0.384. The fourth-order valence-corrected chi connectivity index (χ4v) is 5.41. The van der Waals surface area contributed by atoms with Gasteiger partial charge in [0.05, 0.1) is 12.8 Å². The SMILES string of the molecule is NC1(F)C(F)(F)CC(F)(S(=O)(=O)C2(F)CC(F)(F)C(N)(F)C(F)(F)C2(F)F)C(F)(F)C1(F)F. The molecule has 0 radical (unpaired) electrons. The van der Waals surface area contributed by atoms with Gasteiger partial charge in [0, 0.05) is 0 Å². The Bertz CT molecular complexity index is 893. The smallest absolute Gasteiger partial charge is 0.289 e. The zero-order chi connectivity index (χ0) is 26.9. The Labute approximate surface area is 171 Å². The second kappa shape index (κ2) is 6.11. The van der Waals surface area contributed by atoms with Gasteiger partial charge in [-0.05, 0) is 0 Å². The Balaban J connectivity index is 2.95. The summed E-state index contributed by atoms with van der Waals surface area (Å²) in [6.07, 6.45) is -8.47. The van der Waals surface area contributed by atoms with Gasteiger partial charge in [0.15, 0.2) is 0 Å². The van der Waals surface area contributed by atoms with E-state index < -0.39 is 79.8 Å². The van der Waals surface area contributed by atoms with Crippen molar-refractivity contribution in [1.82, 2.24) is 0 Å². The van der Waals surface area contributed by atoms with Crippen molar-refractivity contribution >= 4 is 9.84 Å². The number of alkyl halides is 16. The molecule has 0 bridgehead atoms. The van der Waals surface area contributed by atoms with E-state index in [1.165, 1.54) is 0 Å². The zero-order valence-corrected chi connectivity index (χ0v) is 15.7. The molecule has 0 aromatic heterocycles. The van der Waals surface area contributed by atoms with Crippen LogP contribution in [0.4, 0.5) is 70.2 Å². The van der Waals surface area contributed by atoms with Gasteiger partial charge in [0.1, 0.15) is 0 Å². The molecule has 2 saturated carbocycles. The van der Waals surface area contributed by atoms with Crippen molar-refractivity contribution in [2.45, 2.75) is 70.0 Å². The Hall–Kier alpha value is -1.25. The maximum atomic E-state index is 14.8. The molecule has 2 aliphatic carbocycles. The largest absolute Gasteiger partial charge is 0.366 e. The third kappa shape index (κ3) is 2.50. The third-order valence-electron chi connectivity index (χ3n) is 5.46. The van der Waals surface area contributed by atoms with Gasteiger partial charge in [-0.15, -0.1) is 0 Å². The van der Waals surface area contributed by atoms with E-state index in [4.69, 9.17) is 0 Å². The van der Waals surface area contributed by atoms with Crippen molar-refractivity contribution in [2.24, 2.45) is 11.5 Å². The standard InChI is InChI=1S/C12H8F16N2O2S/c13-3(14)1-5(17,7(19,20)9(23,24)11(3,27)29)33(31,32)6(18)2-4(15,16)12(28,30)10(25,26)8(6,21)22/h1-2,29-30H2. The maximum Gasteiger partial charge on any atom is 0.366 e. The number of hydrogen-bond acceptors (Lipinski definition) is 4. The van der Waals surface area contributed by atoms with E-state index in [-0.39, 0.29) is 0 Å². The summed E-state index contributed by atoms with van der Waals surface area (Å²) < 4.78 is 246. The van der Waals surface area contributed by atoms with Crippen LogP contribution < -0.4 is 11.5 Å². The van der Waals surface area contributed by atoms with Crippen LogP contribution in [0.2, 0.25) is 0 Å². The van der Waals surface area contributed by atoms with E-state index in [1.54, 1.807) is 0 Å². The van der Waals surface area contributed by atoms with Crippen LogP contribution in [0.1, 0.15) is 12.8 Å². The van der Waals surface area contributed by atoms with Gasteiger partial charge in [-0.1, -0.05) is 0 Å². The first-order valence-electron chi connectivity index (χ1n) is 7.76. The molecule has 4 unspecified atom stereocenters. The molecule has 196 valence electrons. The molecular formula is C12H8F16N2O2S. The molecule has 21 heteroatoms. The molecule has 33 heavy (non-hydrogen) atoms. The Morgan fingerprint density at radius 2 is 0.667 bits per heavy atom. The van der Waals surface area contributed by atoms with Gasteiger partial charge >= 0.3 is 35.5 Å². The Kier molecular flexibility index (Phi) is 5.18. The maximum absolute atomic E-state index is 14.8. The summed E-state index contributed by atoms with van der Waals surface area (Å²) in [6, 6.07) is 0. The van der Waals surface area contributed by atoms with E-state index in [0.29, 0.717) is 0 Å². The van der Waals surface area contributed by atoms with Gasteiger partial charge < -0.3 is 0 Å². The molecule has 4 atom stereocenters. The lowest BCUT2D eigenvalue weighted by atomic mass is 9.81. The fourth-order valence-electron chi connectivity index (χ4n) is 3.22. The third-order valence-corrected chi connectivity index (χ3v) is 7.96. The van der Waals surface area contributed by atoms with E-state index in [2.05, 4.69) is 11.5 Å². The molecule has 0 amide bonds. The van der Waals surface area contributed by atoms with Crippen LogP contribution >= 0.6 is 0 Å². The van der Waals surface area contributed by atoms with Gasteiger partial charge in [-0.3, -0.25) is 11.5 Å². The van der Waals surface area contributed by atoms with Crippen LogP contribution in [0.25, 0.3) is 0 Å². The first kappa shape index (κ1) is 28.0. The number of hydrogen-bond donors (Lipinski definition) is 2. The average Bonchev–Trinajstić information content (AvgIpc) is 2.57. The lowest BCUT2D eigenvalue weighted by Crippen LogP contribution is -2.85. The van der Waals surface area contributed by atoms with Crippen molar-refractivity contribution < 1.29 is 78.7 Å². The summed E-state index contributed by atoms with van der Waals surface area (Å²) >= 11 is 0. The number of sulfone groups is 1. The van der Waals surface area contributed by atoms with Gasteiger partial charge in [0.25, 0.3) is 21.6 Å². The first-order valence-corrected chi connectivity index (χ1v) is 9.24. The molecule has 2 fully saturated rings. The predicted molar refractivity (Wildman–Crippen MR) is 71.6 cm³/mol. The highest BCUT2D eigenvalue weighted by molar-refractivity contribution is 7.94. The van der Waals surface area contributed by atoms with E-state index in [9.17, 15) is 78.7 Å². The quantitative estimate of drug-likeness (QED) is 0.408. The van der Waals surface area contributed by atoms with Crippen LogP contribution in [0.3, 0.4) is 0 Å². The summed E-state index contributed by atoms with van der Waals surface area (Å²) in [5, 5.41) is -14.4. The first-order chi connectivity index (χ1) is 13.9. The van der Waals surface area contributed by atoms with Gasteiger partial charge in [0.2, 0.25) is 9.84 Å². The molecule has 0 spiro atoms. The Morgan fingerprint density at radius 3 is 0.879 bits per heavy atom. The van der Waals surface area contributed by atoms with E-state index >= 15 is 0 Å². The Morgan fingerprint density at radius 1 is 0.455 bits per heavy atom. The van der Waals surface area contributed by atoms with Crippen LogP contribution in [0.15, 0.2) is 0 Å². The monoisotopic (exact) mass is 548 g/mol. The summed E-state index contributed by atoms with van der Waals surface area (Å²) in [4.78, 5) is 0. The minimum Gasteiger partial charge on any atom is -0.289 e. The molecule has 4 nitrogen and oxygen atoms in total. The highest BCUT2D eigenvalue weighted by atomic mass is 32.2. The fraction of sp³-hybridized carbons (Fsp3) is 1.00. The number of rotatable bonds is 2. The van der Waals surface area contributed by atoms with Crippen LogP contribution in [0.5, 0.6) is 0 Å². The summed E-state index contributed by atoms with van der Waals surface area (Å²) in [7, 11) is -8.78. The molecule has 2 aliphatic rings. The van der Waals surface area contributed by atoms with Crippen molar-refractivity contribution in [1.29, 1.82) is 0 Å². The molecule has 2 rings (SSSR count). The zero-order valence-electron chi connectivity index (χ0n) is 14.8. The summed E-state index contributed by atoms with van der Waals surface area (Å²) in [5.74, 6) is -55.7. The minimum absolute atomic E-state index is 3.70. The van der Waals surface area contributed by atoms with E-state index in [1.807, 2.05) is 0 Å². The van der Waals surface area contributed by atoms with Crippen LogP contribution in [-0.4, -0.2) is 65.5 Å². The summed E-state index contributed by atoms with van der Waals surface area (Å²) in [5.41, 5.74) is 7.41. The van der Waals surface area contributed by atoms with Crippen LogP contribution in [-0.2, 0) is 9.84 Å². The van der Waals surface area contributed by atoms with Crippen molar-refractivity contribution in [3.05, 3.63) is 0 Å². The second-order valence-electron chi connectivity index (χ2n) is 7.44. The second-order valence-corrected chi connectivity index (χ2v) is 9.74. The topological polar surface area (TPSA) is 86.2 Å². The highest BCUT2D eigenvalue weighted by Crippen LogP contribution is 2.69. The molecule has 4 N–H and O–H groups in total. The van der Waals surface area contributed by atoms with Crippen molar-refractivity contribution in [3.63, 3.8) is 0 Å². The highest BCUT2D eigenvalue weighted by Gasteiger charge is 2.98. The van der Waals surface area contributed by atoms with E-state index in [0.717, 1.165) is 0 Å².